The van der Waals surface area contributed by atoms with Crippen LogP contribution in [0.3, 0.4) is 0 Å². The summed E-state index contributed by atoms with van der Waals surface area (Å²) in [6.45, 7) is 3.27. The fourth-order valence-electron chi connectivity index (χ4n) is 1.23. The van der Waals surface area contributed by atoms with Gasteiger partial charge in [-0.05, 0) is 32.0 Å². The highest BCUT2D eigenvalue weighted by Crippen LogP contribution is 2.20. The first kappa shape index (κ1) is 14.0. The molecular weight excluding hydrogens is 243 g/mol. The fourth-order valence-corrected chi connectivity index (χ4v) is 1.23. The summed E-state index contributed by atoms with van der Waals surface area (Å²) in [7, 11) is 0. The topological polar surface area (TPSA) is 72.8 Å². The number of carboxylic acid groups (broad SMARTS) is 1. The lowest BCUT2D eigenvalue weighted by Crippen LogP contribution is -2.26. The van der Waals surface area contributed by atoms with Gasteiger partial charge in [-0.2, -0.15) is 0 Å². The van der Waals surface area contributed by atoms with Crippen molar-refractivity contribution in [3.63, 3.8) is 0 Å². The highest BCUT2D eigenvalue weighted by Gasteiger charge is 2.18. The number of hydrogen-bond donors (Lipinski definition) is 1. The molecule has 0 aromatic heterocycles. The van der Waals surface area contributed by atoms with Gasteiger partial charge in [-0.15, -0.1) is 0 Å². The van der Waals surface area contributed by atoms with Gasteiger partial charge in [0.2, 0.25) is 0 Å². The smallest absolute Gasteiger partial charge is 0.347 e. The molecule has 1 unspecified atom stereocenters. The lowest BCUT2D eigenvalue weighted by molar-refractivity contribution is -0.150. The van der Waals surface area contributed by atoms with E-state index in [-0.39, 0.29) is 17.9 Å². The number of halogens is 1. The summed E-state index contributed by atoms with van der Waals surface area (Å²) in [6, 6.07) is 3.18. The quantitative estimate of drug-likeness (QED) is 0.814. The van der Waals surface area contributed by atoms with Crippen molar-refractivity contribution in [1.82, 2.24) is 0 Å². The van der Waals surface area contributed by atoms with Crippen LogP contribution in [0.2, 0.25) is 0 Å². The van der Waals surface area contributed by atoms with E-state index in [1.165, 1.54) is 13.0 Å². The Labute approximate surface area is 103 Å². The first-order chi connectivity index (χ1) is 8.45. The Morgan fingerprint density at radius 1 is 1.44 bits per heavy atom. The van der Waals surface area contributed by atoms with Crippen LogP contribution in [0.25, 0.3) is 0 Å². The van der Waals surface area contributed by atoms with Crippen molar-refractivity contribution in [2.24, 2.45) is 0 Å². The average Bonchev–Trinajstić information content (AvgIpc) is 2.31. The van der Waals surface area contributed by atoms with Crippen LogP contribution in [0, 0.1) is 5.82 Å². The molecule has 98 valence electrons. The fraction of sp³-hybridized carbons (Fsp3) is 0.333. The van der Waals surface area contributed by atoms with Crippen LogP contribution in [-0.2, 0) is 9.53 Å². The Morgan fingerprint density at radius 3 is 2.61 bits per heavy atom. The van der Waals surface area contributed by atoms with Crippen molar-refractivity contribution in [3.8, 4) is 5.75 Å². The molecule has 0 spiro atoms. The normalized spacial score (nSPS) is 11.7. The van der Waals surface area contributed by atoms with Crippen molar-refractivity contribution in [2.45, 2.75) is 20.0 Å². The van der Waals surface area contributed by atoms with Crippen LogP contribution >= 0.6 is 0 Å². The molecule has 0 aliphatic carbocycles. The van der Waals surface area contributed by atoms with Crippen LogP contribution in [0.5, 0.6) is 5.75 Å². The van der Waals surface area contributed by atoms with Gasteiger partial charge in [0.25, 0.3) is 0 Å². The summed E-state index contributed by atoms with van der Waals surface area (Å²) in [6.07, 6.45) is -0.963. The van der Waals surface area contributed by atoms with Crippen molar-refractivity contribution < 1.29 is 28.6 Å². The molecule has 0 bridgehead atoms. The van der Waals surface area contributed by atoms with Crippen molar-refractivity contribution in [3.05, 3.63) is 29.6 Å². The number of rotatable bonds is 5. The minimum absolute atomic E-state index is 0.191. The van der Waals surface area contributed by atoms with E-state index in [1.807, 2.05) is 0 Å². The highest BCUT2D eigenvalue weighted by atomic mass is 19.1. The van der Waals surface area contributed by atoms with E-state index in [4.69, 9.17) is 14.6 Å². The predicted molar refractivity (Wildman–Crippen MR) is 60.1 cm³/mol. The lowest BCUT2D eigenvalue weighted by atomic mass is 10.2. The molecule has 6 heteroatoms. The van der Waals surface area contributed by atoms with E-state index < -0.39 is 23.9 Å². The number of aromatic carboxylic acids is 1. The summed E-state index contributed by atoms with van der Waals surface area (Å²) in [5.74, 6) is -2.88. The van der Waals surface area contributed by atoms with Gasteiger partial charge in [0.1, 0.15) is 0 Å². The van der Waals surface area contributed by atoms with Gasteiger partial charge in [-0.25, -0.2) is 14.0 Å². The van der Waals surface area contributed by atoms with Gasteiger partial charge in [0, 0.05) is 0 Å². The first-order valence-corrected chi connectivity index (χ1v) is 5.31. The summed E-state index contributed by atoms with van der Waals surface area (Å²) in [4.78, 5) is 21.9. The van der Waals surface area contributed by atoms with Gasteiger partial charge in [0.05, 0.1) is 12.2 Å². The van der Waals surface area contributed by atoms with Gasteiger partial charge in [-0.3, -0.25) is 0 Å². The third kappa shape index (κ3) is 3.44. The maximum Gasteiger partial charge on any atom is 0.347 e. The minimum Gasteiger partial charge on any atom is -0.478 e. The van der Waals surface area contributed by atoms with Crippen LogP contribution in [0.15, 0.2) is 18.2 Å². The van der Waals surface area contributed by atoms with Gasteiger partial charge in [-0.1, -0.05) is 0 Å². The summed E-state index contributed by atoms with van der Waals surface area (Å²) in [5.41, 5.74) is -0.191. The summed E-state index contributed by atoms with van der Waals surface area (Å²) >= 11 is 0. The Kier molecular flexibility index (Phi) is 4.65. The van der Waals surface area contributed by atoms with Crippen LogP contribution in [0.1, 0.15) is 24.2 Å². The molecule has 0 aliphatic heterocycles. The molecule has 1 N–H and O–H groups in total. The number of ether oxygens (including phenoxy) is 2. The van der Waals surface area contributed by atoms with Gasteiger partial charge < -0.3 is 14.6 Å². The predicted octanol–water partition coefficient (Wildman–Crippen LogP) is 1.85. The number of benzene rings is 1. The zero-order valence-corrected chi connectivity index (χ0v) is 9.97. The molecule has 0 heterocycles. The van der Waals surface area contributed by atoms with E-state index in [1.54, 1.807) is 6.92 Å². The van der Waals surface area contributed by atoms with E-state index in [9.17, 15) is 14.0 Å². The second-order valence-electron chi connectivity index (χ2n) is 3.46. The lowest BCUT2D eigenvalue weighted by Gasteiger charge is -2.13. The number of carboxylic acids is 1. The molecule has 1 atom stereocenters. The van der Waals surface area contributed by atoms with Crippen molar-refractivity contribution >= 4 is 11.9 Å². The third-order valence-corrected chi connectivity index (χ3v) is 2.10. The molecule has 1 aromatic rings. The molecule has 0 radical (unpaired) electrons. The molecule has 0 aliphatic rings. The van der Waals surface area contributed by atoms with E-state index >= 15 is 0 Å². The molecule has 1 rings (SSSR count). The molecule has 5 nitrogen and oxygen atoms in total. The number of esters is 1. The maximum atomic E-state index is 13.5. The molecular formula is C12H13FO5. The summed E-state index contributed by atoms with van der Waals surface area (Å²) in [5, 5.41) is 8.66. The second-order valence-corrected chi connectivity index (χ2v) is 3.46. The largest absolute Gasteiger partial charge is 0.478 e. The van der Waals surface area contributed by atoms with E-state index in [2.05, 4.69) is 0 Å². The number of carbonyl (C=O) groups is 2. The molecule has 0 saturated heterocycles. The zero-order valence-electron chi connectivity index (χ0n) is 9.97. The molecule has 0 fully saturated rings. The Hall–Kier alpha value is -2.11. The van der Waals surface area contributed by atoms with Crippen LogP contribution < -0.4 is 4.74 Å². The molecule has 18 heavy (non-hydrogen) atoms. The Morgan fingerprint density at radius 2 is 2.11 bits per heavy atom. The molecule has 0 saturated carbocycles. The number of carbonyl (C=O) groups excluding carboxylic acids is 1. The van der Waals surface area contributed by atoms with Crippen LogP contribution in [-0.4, -0.2) is 29.8 Å². The van der Waals surface area contributed by atoms with E-state index in [0.29, 0.717) is 0 Å². The molecule has 1 aromatic carbocycles. The average molecular weight is 256 g/mol. The Bertz CT molecular complexity index is 458. The van der Waals surface area contributed by atoms with E-state index in [0.717, 1.165) is 12.1 Å². The second kappa shape index (κ2) is 6.00. The highest BCUT2D eigenvalue weighted by molar-refractivity contribution is 5.87. The zero-order chi connectivity index (χ0) is 13.7. The number of hydrogen-bond acceptors (Lipinski definition) is 4. The van der Waals surface area contributed by atoms with Gasteiger partial charge in [0.15, 0.2) is 17.7 Å². The van der Waals surface area contributed by atoms with Crippen molar-refractivity contribution in [2.75, 3.05) is 6.61 Å². The SMILES string of the molecule is CCOC(=O)C(C)Oc1ccc(C(=O)O)cc1F. The maximum absolute atomic E-state index is 13.5. The third-order valence-electron chi connectivity index (χ3n) is 2.10. The summed E-state index contributed by atoms with van der Waals surface area (Å²) < 4.78 is 23.2. The Balaban J connectivity index is 2.79. The monoisotopic (exact) mass is 256 g/mol. The molecule has 0 amide bonds. The first-order valence-electron chi connectivity index (χ1n) is 5.31. The van der Waals surface area contributed by atoms with Crippen LogP contribution in [0.4, 0.5) is 4.39 Å². The van der Waals surface area contributed by atoms with Crippen molar-refractivity contribution in [1.29, 1.82) is 0 Å². The minimum atomic E-state index is -1.24. The van der Waals surface area contributed by atoms with Gasteiger partial charge >= 0.3 is 11.9 Å². The standard InChI is InChI=1S/C12H13FO5/c1-3-17-12(16)7(2)18-10-5-4-8(11(14)15)6-9(10)13/h4-7H,3H2,1-2H3,(H,14,15).